The number of allylic oxidation sites excluding steroid dienone is 13. The van der Waals surface area contributed by atoms with Gasteiger partial charge in [-0.1, -0.05) is 196 Å². The number of hydrogen-bond acceptors (Lipinski definition) is 3. The summed E-state index contributed by atoms with van der Waals surface area (Å²) >= 11 is 1.80. The maximum atomic E-state index is 5.66. The second kappa shape index (κ2) is 18.7. The van der Waals surface area contributed by atoms with E-state index < -0.39 is 0 Å². The molecule has 65 heavy (non-hydrogen) atoms. The number of nitrogens with zero attached hydrogens (tertiary/aromatic N) is 4. The Morgan fingerprint density at radius 1 is 0.692 bits per heavy atom. The Morgan fingerprint density at radius 2 is 1.37 bits per heavy atom. The quantitative estimate of drug-likeness (QED) is 0.115. The standard InChI is InChI=1S/C60H50N4S/c1-4-5-9-31-47(44-25-10-6-11-26-44)42(2)57(60-62-52-36-18-20-38-54(52)63(60)46-29-14-8-15-30-46)43(3)58-50(49-33-17-16-32-48(49)45-27-12-7-13-28-45)34-24-35-51(58)59-61-53-37-19-21-39-55(53)64(59)56-40-22-23-41-65-56/h4-14,16-29,31-42,56H,1,15,30H2,2-3H3/b9-5-,47-31+,57-43-. The molecule has 2 atom stereocenters. The van der Waals surface area contributed by atoms with Crippen molar-refractivity contribution in [1.82, 2.24) is 19.1 Å². The van der Waals surface area contributed by atoms with Gasteiger partial charge < -0.3 is 4.57 Å². The van der Waals surface area contributed by atoms with Crippen LogP contribution in [0.25, 0.3) is 78.1 Å². The number of fused-ring (bicyclic) bond motifs is 2. The van der Waals surface area contributed by atoms with E-state index in [1.165, 1.54) is 22.4 Å². The van der Waals surface area contributed by atoms with Gasteiger partial charge in [-0.3, -0.25) is 4.57 Å². The molecule has 0 bridgehead atoms. The molecule has 2 aromatic heterocycles. The molecule has 0 radical (unpaired) electrons. The van der Waals surface area contributed by atoms with Gasteiger partial charge in [0.05, 0.1) is 22.1 Å². The number of thioether (sulfide) groups is 1. The Kier molecular flexibility index (Phi) is 12.0. The van der Waals surface area contributed by atoms with Crippen molar-refractivity contribution in [2.75, 3.05) is 0 Å². The predicted octanol–water partition coefficient (Wildman–Crippen LogP) is 16.3. The third kappa shape index (κ3) is 8.05. The molecule has 0 amide bonds. The minimum absolute atomic E-state index is 0.0120. The normalized spacial score (nSPS) is 16.0. The minimum atomic E-state index is -0.131. The lowest BCUT2D eigenvalue weighted by Crippen LogP contribution is -2.13. The second-order valence-electron chi connectivity index (χ2n) is 16.4. The van der Waals surface area contributed by atoms with Gasteiger partial charge in [0, 0.05) is 22.8 Å². The third-order valence-corrected chi connectivity index (χ3v) is 13.5. The number of aromatic nitrogens is 4. The fourth-order valence-electron chi connectivity index (χ4n) is 9.58. The SMILES string of the molecule is C=C/C=C\C=C(\c1ccccc1)C(C)/C(=C(\C)c1c(-c2ccccc2-c2ccccc2)cccc1-c1nc2ccccc2n1C1C=CC=CS1)c1nc2ccccc2n1C1=CC=CCC1. The smallest absolute Gasteiger partial charge is 0.143 e. The first kappa shape index (κ1) is 41.5. The van der Waals surface area contributed by atoms with Crippen molar-refractivity contribution in [3.63, 3.8) is 0 Å². The van der Waals surface area contributed by atoms with Crippen molar-refractivity contribution in [2.45, 2.75) is 32.1 Å². The summed E-state index contributed by atoms with van der Waals surface area (Å²) in [5.74, 6) is 1.73. The van der Waals surface area contributed by atoms with E-state index in [-0.39, 0.29) is 11.3 Å². The molecule has 1 aliphatic carbocycles. The molecule has 316 valence electrons. The number of benzene rings is 6. The van der Waals surface area contributed by atoms with Gasteiger partial charge in [-0.2, -0.15) is 0 Å². The first-order chi connectivity index (χ1) is 32.1. The fourth-order valence-corrected chi connectivity index (χ4v) is 10.4. The lowest BCUT2D eigenvalue weighted by Gasteiger charge is -2.27. The van der Waals surface area contributed by atoms with E-state index in [0.29, 0.717) is 0 Å². The summed E-state index contributed by atoms with van der Waals surface area (Å²) < 4.78 is 4.85. The van der Waals surface area contributed by atoms with Gasteiger partial charge in [0.2, 0.25) is 0 Å². The maximum absolute atomic E-state index is 5.66. The number of imidazole rings is 2. The van der Waals surface area contributed by atoms with Crippen LogP contribution in [0, 0.1) is 5.92 Å². The molecule has 2 unspecified atom stereocenters. The Labute approximate surface area is 386 Å². The molecule has 0 saturated heterocycles. The molecule has 1 aliphatic heterocycles. The van der Waals surface area contributed by atoms with E-state index in [1.807, 2.05) is 12.2 Å². The van der Waals surface area contributed by atoms with E-state index in [4.69, 9.17) is 9.97 Å². The molecule has 10 rings (SSSR count). The van der Waals surface area contributed by atoms with Crippen LogP contribution in [0.5, 0.6) is 0 Å². The summed E-state index contributed by atoms with van der Waals surface area (Å²) in [7, 11) is 0. The first-order valence-electron chi connectivity index (χ1n) is 22.4. The first-order valence-corrected chi connectivity index (χ1v) is 23.4. The molecule has 0 N–H and O–H groups in total. The lowest BCUT2D eigenvalue weighted by atomic mass is 9.80. The van der Waals surface area contributed by atoms with Crippen LogP contribution < -0.4 is 0 Å². The highest BCUT2D eigenvalue weighted by molar-refractivity contribution is 8.02. The summed E-state index contributed by atoms with van der Waals surface area (Å²) in [6.07, 6.45) is 23.3. The topological polar surface area (TPSA) is 35.6 Å². The predicted molar refractivity (Wildman–Crippen MR) is 279 cm³/mol. The van der Waals surface area contributed by atoms with Crippen LogP contribution >= 0.6 is 11.8 Å². The molecule has 0 fully saturated rings. The summed E-state index contributed by atoms with van der Waals surface area (Å²) in [5, 5.41) is 2.19. The van der Waals surface area contributed by atoms with E-state index >= 15 is 0 Å². The second-order valence-corrected chi connectivity index (χ2v) is 17.5. The lowest BCUT2D eigenvalue weighted by molar-refractivity contribution is 0.837. The van der Waals surface area contributed by atoms with E-state index in [0.717, 1.165) is 85.5 Å². The zero-order chi connectivity index (χ0) is 44.1. The molecule has 3 heterocycles. The van der Waals surface area contributed by atoms with Crippen LogP contribution in [0.1, 0.15) is 49.0 Å². The molecule has 2 aliphatic rings. The number of hydrogen-bond donors (Lipinski definition) is 0. The van der Waals surface area contributed by atoms with Crippen molar-refractivity contribution in [3.8, 4) is 33.6 Å². The van der Waals surface area contributed by atoms with Gasteiger partial charge in [-0.15, -0.1) is 11.8 Å². The van der Waals surface area contributed by atoms with Gasteiger partial charge in [0.25, 0.3) is 0 Å². The van der Waals surface area contributed by atoms with Crippen LogP contribution in [0.3, 0.4) is 0 Å². The highest BCUT2D eigenvalue weighted by Crippen LogP contribution is 2.48. The van der Waals surface area contributed by atoms with Gasteiger partial charge >= 0.3 is 0 Å². The van der Waals surface area contributed by atoms with Gasteiger partial charge in [-0.05, 0) is 100 Å². The molecule has 0 spiro atoms. The Balaban J connectivity index is 1.36. The minimum Gasteiger partial charge on any atom is -0.307 e. The zero-order valence-electron chi connectivity index (χ0n) is 36.8. The summed E-state index contributed by atoms with van der Waals surface area (Å²) in [5.41, 5.74) is 16.8. The largest absolute Gasteiger partial charge is 0.307 e. The fraction of sp³-hybridized carbons (Fsp3) is 0.100. The number of rotatable bonds is 12. The molecule has 8 aromatic rings. The van der Waals surface area contributed by atoms with Crippen LogP contribution in [0.4, 0.5) is 0 Å². The monoisotopic (exact) mass is 858 g/mol. The molecule has 4 nitrogen and oxygen atoms in total. The third-order valence-electron chi connectivity index (χ3n) is 12.5. The van der Waals surface area contributed by atoms with Crippen molar-refractivity contribution in [2.24, 2.45) is 5.92 Å². The Hall–Kier alpha value is -7.47. The molecular formula is C60H50N4S. The van der Waals surface area contributed by atoms with E-state index in [2.05, 4.69) is 235 Å². The van der Waals surface area contributed by atoms with Gasteiger partial charge in [-0.25, -0.2) is 9.97 Å². The highest BCUT2D eigenvalue weighted by atomic mass is 32.2. The zero-order valence-corrected chi connectivity index (χ0v) is 37.6. The van der Waals surface area contributed by atoms with Crippen molar-refractivity contribution in [3.05, 3.63) is 241 Å². The highest BCUT2D eigenvalue weighted by Gasteiger charge is 2.31. The van der Waals surface area contributed by atoms with Gasteiger partial charge in [0.1, 0.15) is 17.0 Å². The maximum Gasteiger partial charge on any atom is 0.143 e. The van der Waals surface area contributed by atoms with Crippen molar-refractivity contribution >= 4 is 56.2 Å². The van der Waals surface area contributed by atoms with Crippen molar-refractivity contribution in [1.29, 1.82) is 0 Å². The van der Waals surface area contributed by atoms with E-state index in [1.54, 1.807) is 11.8 Å². The summed E-state index contributed by atoms with van der Waals surface area (Å²) in [4.78, 5) is 11.2. The molecule has 6 aromatic carbocycles. The van der Waals surface area contributed by atoms with Crippen LogP contribution in [-0.2, 0) is 0 Å². The molecule has 0 saturated carbocycles. The summed E-state index contributed by atoms with van der Waals surface area (Å²) in [6, 6.07) is 54.3. The average Bonchev–Trinajstić information content (AvgIpc) is 3.95. The van der Waals surface area contributed by atoms with Crippen molar-refractivity contribution < 1.29 is 0 Å². The van der Waals surface area contributed by atoms with Crippen LogP contribution in [-0.4, -0.2) is 19.1 Å². The number of para-hydroxylation sites is 4. The summed E-state index contributed by atoms with van der Waals surface area (Å²) in [6.45, 7) is 8.68. The van der Waals surface area contributed by atoms with Crippen LogP contribution in [0.15, 0.2) is 224 Å². The Bertz CT molecular complexity index is 3280. The van der Waals surface area contributed by atoms with Crippen LogP contribution in [0.2, 0.25) is 0 Å². The molecular weight excluding hydrogens is 809 g/mol. The molecule has 5 heteroatoms. The van der Waals surface area contributed by atoms with Gasteiger partial charge in [0.15, 0.2) is 0 Å². The Morgan fingerprint density at radius 3 is 2.11 bits per heavy atom. The van der Waals surface area contributed by atoms with E-state index in [9.17, 15) is 0 Å². The average molecular weight is 859 g/mol.